The summed E-state index contributed by atoms with van der Waals surface area (Å²) in [5.41, 5.74) is 6.71. The molecule has 3 atom stereocenters. The normalized spacial score (nSPS) is 19.0. The molecule has 208 valence electrons. The molecule has 0 amide bonds. The van der Waals surface area contributed by atoms with Gasteiger partial charge in [-0.1, -0.05) is 96.5 Å². The maximum absolute atomic E-state index is 6.69. The van der Waals surface area contributed by atoms with Crippen LogP contribution in [0.5, 0.6) is 11.5 Å². The van der Waals surface area contributed by atoms with Crippen LogP contribution in [-0.2, 0) is 6.61 Å². The van der Waals surface area contributed by atoms with Crippen molar-refractivity contribution in [2.24, 2.45) is 10.9 Å². The Kier molecular flexibility index (Phi) is 7.15. The van der Waals surface area contributed by atoms with Gasteiger partial charge in [0.2, 0.25) is 0 Å². The molecule has 1 aliphatic carbocycles. The Hall–Kier alpha value is -4.54. The third kappa shape index (κ3) is 5.03. The summed E-state index contributed by atoms with van der Waals surface area (Å²) in [6, 6.07) is 35.7. The van der Waals surface area contributed by atoms with E-state index in [0.29, 0.717) is 35.0 Å². The zero-order valence-corrected chi connectivity index (χ0v) is 24.1. The summed E-state index contributed by atoms with van der Waals surface area (Å²) >= 11 is 6.69. The number of allylic oxidation sites excluding steroid dienone is 2. The Morgan fingerprint density at radius 1 is 0.929 bits per heavy atom. The molecule has 4 nitrogen and oxygen atoms in total. The zero-order chi connectivity index (χ0) is 28.5. The molecule has 2 aliphatic rings. The first-order valence-corrected chi connectivity index (χ1v) is 14.7. The molecule has 0 radical (unpaired) electrons. The third-order valence-electron chi connectivity index (χ3n) is 8.39. The number of ether oxygens (including phenoxy) is 2. The topological polar surface area (TPSA) is 42.8 Å². The molecule has 0 saturated heterocycles. The van der Waals surface area contributed by atoms with Crippen molar-refractivity contribution < 1.29 is 9.47 Å². The smallest absolute Gasteiger partial charge is 0.180 e. The van der Waals surface area contributed by atoms with E-state index in [1.807, 2.05) is 36.5 Å². The fourth-order valence-corrected chi connectivity index (χ4v) is 6.59. The summed E-state index contributed by atoms with van der Waals surface area (Å²) in [6.07, 6.45) is 7.59. The maximum Gasteiger partial charge on any atom is 0.180 e. The number of fused-ring (bicyclic) bond motifs is 4. The van der Waals surface area contributed by atoms with E-state index in [9.17, 15) is 0 Å². The van der Waals surface area contributed by atoms with Crippen LogP contribution in [0.2, 0.25) is 5.02 Å². The monoisotopic (exact) mass is 570 g/mol. The number of para-hydroxylation sites is 1. The van der Waals surface area contributed by atoms with E-state index in [2.05, 4.69) is 90.3 Å². The van der Waals surface area contributed by atoms with Crippen molar-refractivity contribution in [2.45, 2.75) is 25.0 Å². The summed E-state index contributed by atoms with van der Waals surface area (Å²) in [7, 11) is 1.62. The lowest BCUT2D eigenvalue weighted by atomic mass is 9.77. The molecule has 5 heteroatoms. The minimum Gasteiger partial charge on any atom is -0.493 e. The van der Waals surface area contributed by atoms with Crippen LogP contribution in [0, 0.1) is 5.92 Å². The van der Waals surface area contributed by atoms with Crippen LogP contribution in [0.1, 0.15) is 40.6 Å². The van der Waals surface area contributed by atoms with E-state index in [4.69, 9.17) is 26.1 Å². The number of hydrogen-bond acceptors (Lipinski definition) is 4. The Labute approximate surface area is 251 Å². The van der Waals surface area contributed by atoms with E-state index < -0.39 is 0 Å². The number of methoxy groups -OCH3 is 1. The molecule has 1 heterocycles. The first-order chi connectivity index (χ1) is 20.7. The minimum absolute atomic E-state index is 0.266. The van der Waals surface area contributed by atoms with Gasteiger partial charge in [0.15, 0.2) is 11.5 Å². The van der Waals surface area contributed by atoms with E-state index in [-0.39, 0.29) is 6.04 Å². The van der Waals surface area contributed by atoms with Crippen LogP contribution < -0.4 is 14.8 Å². The Balaban J connectivity index is 1.07. The predicted octanol–water partition coefficient (Wildman–Crippen LogP) is 9.66. The second-order valence-electron chi connectivity index (χ2n) is 10.9. The Bertz CT molecular complexity index is 1810. The molecule has 0 bridgehead atoms. The van der Waals surface area contributed by atoms with Crippen LogP contribution >= 0.6 is 11.6 Å². The van der Waals surface area contributed by atoms with Crippen molar-refractivity contribution in [1.82, 2.24) is 0 Å². The van der Waals surface area contributed by atoms with Crippen molar-refractivity contribution >= 4 is 40.0 Å². The van der Waals surface area contributed by atoms with Gasteiger partial charge in [0.1, 0.15) is 6.61 Å². The highest BCUT2D eigenvalue weighted by Gasteiger charge is 2.37. The first-order valence-electron chi connectivity index (χ1n) is 14.3. The number of hydrogen-bond donors (Lipinski definition) is 1. The van der Waals surface area contributed by atoms with Crippen molar-refractivity contribution in [2.75, 3.05) is 12.4 Å². The summed E-state index contributed by atoms with van der Waals surface area (Å²) in [4.78, 5) is 4.73. The molecule has 0 aromatic heterocycles. The fourth-order valence-electron chi connectivity index (χ4n) is 6.31. The molecule has 5 aromatic rings. The minimum atomic E-state index is 0.266. The number of nitrogens with one attached hydrogen (secondary N) is 1. The lowest BCUT2D eigenvalue weighted by molar-refractivity contribution is 0.286. The van der Waals surface area contributed by atoms with Crippen LogP contribution in [0.15, 0.2) is 120 Å². The summed E-state index contributed by atoms with van der Waals surface area (Å²) in [5, 5.41) is 6.62. The molecule has 0 fully saturated rings. The van der Waals surface area contributed by atoms with Crippen LogP contribution in [0.25, 0.3) is 10.8 Å². The molecular formula is C37H31ClN2O2. The average Bonchev–Trinajstić information content (AvgIpc) is 3.53. The standard InChI is InChI=1S/C37H31ClN2O2/c1-41-35-21-24(20-33(38)37(35)42-23-27-10-6-9-25-8-2-3-11-29(25)27)22-39-28-18-16-26(17-19-28)36-32-14-7-13-30(32)31-12-4-5-15-34(31)40-36/h2-13,15-22,30,32,36,40H,14,23H2,1H3/t30-,32+,36-/m0/s1. The summed E-state index contributed by atoms with van der Waals surface area (Å²) in [6.45, 7) is 0.385. The molecule has 1 N–H and O–H groups in total. The molecule has 7 rings (SSSR count). The predicted molar refractivity (Wildman–Crippen MR) is 173 cm³/mol. The fraction of sp³-hybridized carbons (Fsp3) is 0.162. The highest BCUT2D eigenvalue weighted by atomic mass is 35.5. The van der Waals surface area contributed by atoms with Gasteiger partial charge in [0.25, 0.3) is 0 Å². The highest BCUT2D eigenvalue weighted by Crippen LogP contribution is 2.49. The van der Waals surface area contributed by atoms with Gasteiger partial charge in [-0.25, -0.2) is 0 Å². The van der Waals surface area contributed by atoms with Gasteiger partial charge in [-0.3, -0.25) is 4.99 Å². The van der Waals surface area contributed by atoms with Crippen LogP contribution in [0.3, 0.4) is 0 Å². The van der Waals surface area contributed by atoms with Crippen LogP contribution in [-0.4, -0.2) is 13.3 Å². The maximum atomic E-state index is 6.69. The van der Waals surface area contributed by atoms with E-state index in [1.54, 1.807) is 7.11 Å². The van der Waals surface area contributed by atoms with Crippen molar-refractivity contribution in [3.63, 3.8) is 0 Å². The second kappa shape index (κ2) is 11.4. The Morgan fingerprint density at radius 3 is 2.62 bits per heavy atom. The van der Waals surface area contributed by atoms with Gasteiger partial charge >= 0.3 is 0 Å². The molecule has 0 unspecified atom stereocenters. The van der Waals surface area contributed by atoms with Crippen molar-refractivity contribution in [1.29, 1.82) is 0 Å². The van der Waals surface area contributed by atoms with Crippen molar-refractivity contribution in [3.8, 4) is 11.5 Å². The average molecular weight is 571 g/mol. The first kappa shape index (κ1) is 26.4. The van der Waals surface area contributed by atoms with Gasteiger partial charge < -0.3 is 14.8 Å². The largest absolute Gasteiger partial charge is 0.493 e. The quantitative estimate of drug-likeness (QED) is 0.156. The van der Waals surface area contributed by atoms with Gasteiger partial charge in [0, 0.05) is 17.8 Å². The molecule has 42 heavy (non-hydrogen) atoms. The molecule has 5 aromatic carbocycles. The van der Waals surface area contributed by atoms with Gasteiger partial charge in [-0.05, 0) is 75.7 Å². The van der Waals surface area contributed by atoms with Crippen LogP contribution in [0.4, 0.5) is 11.4 Å². The summed E-state index contributed by atoms with van der Waals surface area (Å²) < 4.78 is 11.8. The Morgan fingerprint density at radius 2 is 1.74 bits per heavy atom. The van der Waals surface area contributed by atoms with E-state index >= 15 is 0 Å². The number of nitrogens with zero attached hydrogens (tertiary/aromatic N) is 1. The molecule has 0 saturated carbocycles. The lowest BCUT2D eigenvalue weighted by Gasteiger charge is -2.37. The number of halogens is 1. The second-order valence-corrected chi connectivity index (χ2v) is 11.3. The SMILES string of the molecule is COc1cc(C=Nc2ccc([C@@H]3Nc4ccccc4[C@@H]4C=CC[C@H]43)cc2)cc(Cl)c1OCc1cccc2ccccc12. The lowest BCUT2D eigenvalue weighted by Crippen LogP contribution is -2.28. The highest BCUT2D eigenvalue weighted by molar-refractivity contribution is 6.32. The number of rotatable bonds is 7. The number of anilines is 1. The number of aliphatic imine (C=N–C) groups is 1. The number of benzene rings is 5. The van der Waals surface area contributed by atoms with E-state index in [0.717, 1.165) is 28.6 Å². The molecule has 1 aliphatic heterocycles. The van der Waals surface area contributed by atoms with Gasteiger partial charge in [0.05, 0.1) is 23.9 Å². The zero-order valence-electron chi connectivity index (χ0n) is 23.3. The van der Waals surface area contributed by atoms with Gasteiger partial charge in [-0.2, -0.15) is 0 Å². The summed E-state index contributed by atoms with van der Waals surface area (Å²) in [5.74, 6) is 2.08. The van der Waals surface area contributed by atoms with E-state index in [1.165, 1.54) is 22.2 Å². The van der Waals surface area contributed by atoms with Gasteiger partial charge in [-0.15, -0.1) is 0 Å². The van der Waals surface area contributed by atoms with Crippen molar-refractivity contribution in [3.05, 3.63) is 143 Å². The molecular weight excluding hydrogens is 540 g/mol. The molecule has 0 spiro atoms. The third-order valence-corrected chi connectivity index (χ3v) is 8.67.